The molecule has 1 heterocycles. The average molecular weight is 384 g/mol. The number of carboxylic acid groups (broad SMARTS) is 1. The number of carboxylic acids is 1. The first kappa shape index (κ1) is 19.0. The lowest BCUT2D eigenvalue weighted by atomic mass is 10.1. The number of benzene rings is 1. The van der Waals surface area contributed by atoms with Crippen LogP contribution in [-0.2, 0) is 18.8 Å². The van der Waals surface area contributed by atoms with Crippen molar-refractivity contribution in [3.05, 3.63) is 39.9 Å². The highest BCUT2D eigenvalue weighted by molar-refractivity contribution is 7.17. The van der Waals surface area contributed by atoms with Gasteiger partial charge in [0.25, 0.3) is 0 Å². The smallest absolute Gasteiger partial charge is 0.416 e. The zero-order valence-corrected chi connectivity index (χ0v) is 13.2. The third-order valence-electron chi connectivity index (χ3n) is 3.07. The fourth-order valence-electron chi connectivity index (χ4n) is 1.96. The Balaban J connectivity index is 2.47. The Bertz CT molecular complexity index is 765. The summed E-state index contributed by atoms with van der Waals surface area (Å²) in [5, 5.41) is 11.2. The monoisotopic (exact) mass is 384 g/mol. The average Bonchev–Trinajstić information content (AvgIpc) is 2.88. The summed E-state index contributed by atoms with van der Waals surface area (Å²) in [5.74, 6) is -1.28. The predicted octanol–water partition coefficient (Wildman–Crippen LogP) is 5.18. The summed E-state index contributed by atoms with van der Waals surface area (Å²) < 4.78 is 76.9. The van der Waals surface area contributed by atoms with Crippen molar-refractivity contribution in [3.63, 3.8) is 0 Å². The molecule has 0 amide bonds. The van der Waals surface area contributed by atoms with E-state index in [1.165, 1.54) is 0 Å². The van der Waals surface area contributed by atoms with Crippen LogP contribution in [-0.4, -0.2) is 16.1 Å². The standard InChI is InChI=1S/C14H10F6N2O2S/c1-2-9-10(11(23)24)25-12(22-9)21-8-4-6(13(15,16)17)3-7(5-8)14(18,19)20/h3-5H,2H2,1H3,(H,21,22)(H,23,24). The second-order valence-electron chi connectivity index (χ2n) is 4.87. The maximum atomic E-state index is 12.8. The van der Waals surface area contributed by atoms with E-state index in [0.29, 0.717) is 23.5 Å². The Labute approximate surface area is 141 Å². The zero-order chi connectivity index (χ0) is 19.0. The number of halogens is 6. The molecule has 0 radical (unpaired) electrons. The molecule has 0 saturated carbocycles. The van der Waals surface area contributed by atoms with Crippen molar-refractivity contribution in [2.45, 2.75) is 25.7 Å². The highest BCUT2D eigenvalue weighted by atomic mass is 32.1. The van der Waals surface area contributed by atoms with E-state index in [9.17, 15) is 31.1 Å². The Kier molecular flexibility index (Phi) is 4.98. The molecule has 136 valence electrons. The third kappa shape index (κ3) is 4.41. The lowest BCUT2D eigenvalue weighted by Gasteiger charge is -2.14. The summed E-state index contributed by atoms with van der Waals surface area (Å²) in [5.41, 5.74) is -3.26. The summed E-state index contributed by atoms with van der Waals surface area (Å²) in [6.07, 6.45) is -9.70. The molecule has 0 bridgehead atoms. The zero-order valence-electron chi connectivity index (χ0n) is 12.4. The summed E-state index contributed by atoms with van der Waals surface area (Å²) in [6.45, 7) is 1.62. The number of carbonyl (C=O) groups is 1. The van der Waals surface area contributed by atoms with Gasteiger partial charge in [-0.15, -0.1) is 0 Å². The third-order valence-corrected chi connectivity index (χ3v) is 4.07. The van der Waals surface area contributed by atoms with Gasteiger partial charge in [-0.1, -0.05) is 18.3 Å². The summed E-state index contributed by atoms with van der Waals surface area (Å²) in [7, 11) is 0. The number of aromatic nitrogens is 1. The molecule has 2 rings (SSSR count). The van der Waals surface area contributed by atoms with Crippen molar-refractivity contribution in [2.75, 3.05) is 5.32 Å². The van der Waals surface area contributed by atoms with E-state index < -0.39 is 35.1 Å². The first-order valence-corrected chi connectivity index (χ1v) is 7.53. The van der Waals surface area contributed by atoms with Crippen molar-refractivity contribution >= 4 is 28.1 Å². The molecule has 25 heavy (non-hydrogen) atoms. The molecule has 11 heteroatoms. The molecule has 0 unspecified atom stereocenters. The van der Waals surface area contributed by atoms with Gasteiger partial charge >= 0.3 is 18.3 Å². The Morgan fingerprint density at radius 2 is 1.64 bits per heavy atom. The minimum absolute atomic E-state index is 0.00712. The highest BCUT2D eigenvalue weighted by Gasteiger charge is 2.37. The number of nitrogens with one attached hydrogen (secondary N) is 1. The molecule has 0 fully saturated rings. The van der Waals surface area contributed by atoms with Crippen LogP contribution in [0.3, 0.4) is 0 Å². The van der Waals surface area contributed by atoms with E-state index in [2.05, 4.69) is 10.3 Å². The number of hydrogen-bond donors (Lipinski definition) is 2. The topological polar surface area (TPSA) is 62.2 Å². The van der Waals surface area contributed by atoms with Crippen LogP contribution in [0.25, 0.3) is 0 Å². The van der Waals surface area contributed by atoms with Gasteiger partial charge in [0.05, 0.1) is 16.8 Å². The van der Waals surface area contributed by atoms with Crippen molar-refractivity contribution in [3.8, 4) is 0 Å². The van der Waals surface area contributed by atoms with Crippen LogP contribution in [0.2, 0.25) is 0 Å². The fraction of sp³-hybridized carbons (Fsp3) is 0.286. The number of hydrogen-bond acceptors (Lipinski definition) is 4. The fourth-order valence-corrected chi connectivity index (χ4v) is 2.88. The highest BCUT2D eigenvalue weighted by Crippen LogP contribution is 2.38. The molecule has 1 aromatic heterocycles. The van der Waals surface area contributed by atoms with Crippen LogP contribution in [0.1, 0.15) is 33.4 Å². The molecule has 0 aliphatic rings. The summed E-state index contributed by atoms with van der Waals surface area (Å²) in [4.78, 5) is 14.8. The Hall–Kier alpha value is -2.30. The largest absolute Gasteiger partial charge is 0.477 e. The molecular formula is C14H10F6N2O2S. The first-order chi connectivity index (χ1) is 11.4. The van der Waals surface area contributed by atoms with Crippen LogP contribution in [0.5, 0.6) is 0 Å². The molecule has 0 aliphatic carbocycles. The number of thiazole rings is 1. The maximum absolute atomic E-state index is 12.8. The van der Waals surface area contributed by atoms with Crippen molar-refractivity contribution in [2.24, 2.45) is 0 Å². The van der Waals surface area contributed by atoms with Gasteiger partial charge in [-0.3, -0.25) is 0 Å². The SMILES string of the molecule is CCc1nc(Nc2cc(C(F)(F)F)cc(C(F)(F)F)c2)sc1C(=O)O. The Morgan fingerprint density at radius 1 is 1.12 bits per heavy atom. The molecule has 0 aliphatic heterocycles. The van der Waals surface area contributed by atoms with E-state index in [1.807, 2.05) is 0 Å². The van der Waals surface area contributed by atoms with Crippen molar-refractivity contribution in [1.29, 1.82) is 0 Å². The van der Waals surface area contributed by atoms with E-state index in [1.54, 1.807) is 6.92 Å². The van der Waals surface area contributed by atoms with Gasteiger partial charge in [0, 0.05) is 5.69 Å². The number of aryl methyl sites for hydroxylation is 1. The summed E-state index contributed by atoms with van der Waals surface area (Å²) >= 11 is 0.629. The molecule has 4 nitrogen and oxygen atoms in total. The predicted molar refractivity (Wildman–Crippen MR) is 78.2 cm³/mol. The molecule has 2 N–H and O–H groups in total. The van der Waals surface area contributed by atoms with Crippen LogP contribution >= 0.6 is 11.3 Å². The van der Waals surface area contributed by atoms with E-state index in [0.717, 1.165) is 0 Å². The number of aromatic carboxylic acids is 1. The number of rotatable bonds is 4. The normalized spacial score (nSPS) is 12.3. The lowest BCUT2D eigenvalue weighted by Crippen LogP contribution is -2.11. The molecule has 2 aromatic rings. The van der Waals surface area contributed by atoms with Crippen molar-refractivity contribution < 1.29 is 36.2 Å². The first-order valence-electron chi connectivity index (χ1n) is 6.71. The molecule has 0 atom stereocenters. The minimum Gasteiger partial charge on any atom is -0.477 e. The molecule has 0 saturated heterocycles. The number of nitrogens with zero attached hydrogens (tertiary/aromatic N) is 1. The number of anilines is 2. The number of alkyl halides is 6. The second-order valence-corrected chi connectivity index (χ2v) is 5.87. The Morgan fingerprint density at radius 3 is 2.00 bits per heavy atom. The van der Waals surface area contributed by atoms with Crippen LogP contribution < -0.4 is 5.32 Å². The molecule has 0 spiro atoms. The lowest BCUT2D eigenvalue weighted by molar-refractivity contribution is -0.143. The van der Waals surface area contributed by atoms with E-state index in [-0.39, 0.29) is 28.2 Å². The van der Waals surface area contributed by atoms with Crippen molar-refractivity contribution in [1.82, 2.24) is 4.98 Å². The van der Waals surface area contributed by atoms with Gasteiger partial charge in [0.15, 0.2) is 5.13 Å². The van der Waals surface area contributed by atoms with Gasteiger partial charge in [0.2, 0.25) is 0 Å². The maximum Gasteiger partial charge on any atom is 0.416 e. The molecule has 1 aromatic carbocycles. The van der Waals surface area contributed by atoms with Crippen LogP contribution in [0, 0.1) is 0 Å². The summed E-state index contributed by atoms with van der Waals surface area (Å²) in [6, 6.07) is 1.01. The van der Waals surface area contributed by atoms with Gasteiger partial charge in [-0.2, -0.15) is 26.3 Å². The second kappa shape index (κ2) is 6.54. The quantitative estimate of drug-likeness (QED) is 0.713. The van der Waals surface area contributed by atoms with Gasteiger partial charge in [-0.25, -0.2) is 9.78 Å². The minimum atomic E-state index is -4.97. The van der Waals surface area contributed by atoms with Gasteiger partial charge < -0.3 is 10.4 Å². The van der Waals surface area contributed by atoms with Crippen LogP contribution in [0.4, 0.5) is 37.2 Å². The van der Waals surface area contributed by atoms with E-state index >= 15 is 0 Å². The molecular weight excluding hydrogens is 374 g/mol. The van der Waals surface area contributed by atoms with E-state index in [4.69, 9.17) is 5.11 Å². The van der Waals surface area contributed by atoms with Gasteiger partial charge in [0.1, 0.15) is 4.88 Å². The van der Waals surface area contributed by atoms with Gasteiger partial charge in [-0.05, 0) is 24.6 Å². The van der Waals surface area contributed by atoms with Crippen LogP contribution in [0.15, 0.2) is 18.2 Å².